The molecule has 106 valence electrons. The largest absolute Gasteiger partial charge is 0.496 e. The molecule has 1 aromatic carbocycles. The number of esters is 1. The molecule has 0 spiro atoms. The minimum absolute atomic E-state index is 0.0939. The van der Waals surface area contributed by atoms with Gasteiger partial charge in [0.2, 0.25) is 0 Å². The van der Waals surface area contributed by atoms with Gasteiger partial charge < -0.3 is 9.47 Å². The van der Waals surface area contributed by atoms with Gasteiger partial charge in [-0.25, -0.2) is 4.79 Å². The molecule has 0 saturated carbocycles. The van der Waals surface area contributed by atoms with E-state index >= 15 is 0 Å². The van der Waals surface area contributed by atoms with E-state index in [1.165, 1.54) is 0 Å². The minimum atomic E-state index is -0.487. The van der Waals surface area contributed by atoms with Crippen LogP contribution in [0.15, 0.2) is 18.2 Å². The van der Waals surface area contributed by atoms with Crippen LogP contribution in [-0.4, -0.2) is 18.7 Å². The Balaban J connectivity index is 3.16. The minimum Gasteiger partial charge on any atom is -0.496 e. The van der Waals surface area contributed by atoms with Crippen LogP contribution in [0.25, 0.3) is 0 Å². The molecule has 0 amide bonds. The van der Waals surface area contributed by atoms with E-state index in [4.69, 9.17) is 9.47 Å². The van der Waals surface area contributed by atoms with Gasteiger partial charge in [-0.15, -0.1) is 0 Å². The molecule has 0 atom stereocenters. The topological polar surface area (TPSA) is 35.5 Å². The fourth-order valence-corrected chi connectivity index (χ4v) is 1.76. The summed E-state index contributed by atoms with van der Waals surface area (Å²) in [5, 5.41) is 0. The fourth-order valence-electron chi connectivity index (χ4n) is 1.76. The quantitative estimate of drug-likeness (QED) is 0.759. The second-order valence-corrected chi connectivity index (χ2v) is 6.67. The van der Waals surface area contributed by atoms with Gasteiger partial charge >= 0.3 is 5.97 Å². The van der Waals surface area contributed by atoms with Gasteiger partial charge in [0.05, 0.1) is 12.7 Å². The molecule has 0 aliphatic heterocycles. The normalized spacial score (nSPS) is 12.2. The van der Waals surface area contributed by atoms with Crippen LogP contribution < -0.4 is 4.74 Å². The van der Waals surface area contributed by atoms with Gasteiger partial charge in [0, 0.05) is 5.56 Å². The molecule has 1 rings (SSSR count). The Labute approximate surface area is 115 Å². The molecule has 0 fully saturated rings. The summed E-state index contributed by atoms with van der Waals surface area (Å²) in [6.45, 7) is 11.8. The third-order valence-electron chi connectivity index (χ3n) is 2.64. The van der Waals surface area contributed by atoms with Gasteiger partial charge in [0.15, 0.2) is 0 Å². The molecule has 0 unspecified atom stereocenters. The summed E-state index contributed by atoms with van der Waals surface area (Å²) < 4.78 is 10.7. The van der Waals surface area contributed by atoms with Crippen LogP contribution >= 0.6 is 0 Å². The van der Waals surface area contributed by atoms with Crippen LogP contribution in [0.5, 0.6) is 5.75 Å². The van der Waals surface area contributed by atoms with Gasteiger partial charge in [-0.1, -0.05) is 20.8 Å². The van der Waals surface area contributed by atoms with Crippen molar-refractivity contribution in [2.24, 2.45) is 0 Å². The molecule has 0 radical (unpaired) electrons. The van der Waals surface area contributed by atoms with Crippen molar-refractivity contribution in [1.29, 1.82) is 0 Å². The molecule has 0 N–H and O–H groups in total. The molecule has 19 heavy (non-hydrogen) atoms. The number of rotatable bonds is 2. The molecule has 0 aromatic heterocycles. The fraction of sp³-hybridized carbons (Fsp3) is 0.562. The van der Waals surface area contributed by atoms with E-state index in [1.54, 1.807) is 13.2 Å². The van der Waals surface area contributed by atoms with Crippen LogP contribution in [0.2, 0.25) is 0 Å². The predicted molar refractivity (Wildman–Crippen MR) is 76.9 cm³/mol. The first-order valence-corrected chi connectivity index (χ1v) is 6.46. The third kappa shape index (κ3) is 4.27. The molecule has 1 aromatic rings. The van der Waals surface area contributed by atoms with E-state index in [2.05, 4.69) is 20.8 Å². The lowest BCUT2D eigenvalue weighted by molar-refractivity contribution is 0.00694. The number of ether oxygens (including phenoxy) is 2. The zero-order valence-corrected chi connectivity index (χ0v) is 13.0. The highest BCUT2D eigenvalue weighted by Crippen LogP contribution is 2.32. The Kier molecular flexibility index (Phi) is 4.28. The molecule has 0 aliphatic rings. The standard InChI is InChI=1S/C16H24O3/c1-15(2,3)12-10-11(8-9-13(12)18-7)14(17)19-16(4,5)6/h8-10H,1-7H3. The molecular formula is C16H24O3. The number of methoxy groups -OCH3 is 1. The van der Waals surface area contributed by atoms with E-state index < -0.39 is 5.60 Å². The van der Waals surface area contributed by atoms with E-state index in [0.29, 0.717) is 5.56 Å². The molecule has 0 aliphatic carbocycles. The summed E-state index contributed by atoms with van der Waals surface area (Å²) in [4.78, 5) is 12.1. The summed E-state index contributed by atoms with van der Waals surface area (Å²) in [5.74, 6) is 0.487. The van der Waals surface area contributed by atoms with Crippen molar-refractivity contribution in [1.82, 2.24) is 0 Å². The van der Waals surface area contributed by atoms with Gasteiger partial charge in [-0.05, 0) is 44.4 Å². The van der Waals surface area contributed by atoms with Crippen molar-refractivity contribution in [3.63, 3.8) is 0 Å². The van der Waals surface area contributed by atoms with Crippen molar-refractivity contribution < 1.29 is 14.3 Å². The van der Waals surface area contributed by atoms with Gasteiger partial charge in [0.1, 0.15) is 11.4 Å². The molecular weight excluding hydrogens is 240 g/mol. The van der Waals surface area contributed by atoms with E-state index in [0.717, 1.165) is 11.3 Å². The number of carbonyl (C=O) groups excluding carboxylic acids is 1. The van der Waals surface area contributed by atoms with E-state index in [1.807, 2.05) is 32.9 Å². The van der Waals surface area contributed by atoms with Crippen LogP contribution in [0, 0.1) is 0 Å². The Morgan fingerprint density at radius 3 is 2.05 bits per heavy atom. The first-order valence-electron chi connectivity index (χ1n) is 6.46. The van der Waals surface area contributed by atoms with E-state index in [-0.39, 0.29) is 11.4 Å². The number of carbonyl (C=O) groups is 1. The maximum Gasteiger partial charge on any atom is 0.338 e. The Hall–Kier alpha value is -1.51. The molecule has 0 saturated heterocycles. The number of benzene rings is 1. The van der Waals surface area contributed by atoms with Crippen LogP contribution in [-0.2, 0) is 10.2 Å². The zero-order valence-electron chi connectivity index (χ0n) is 13.0. The van der Waals surface area contributed by atoms with Gasteiger partial charge in [-0.2, -0.15) is 0 Å². The molecule has 0 bridgehead atoms. The average Bonchev–Trinajstić information content (AvgIpc) is 2.24. The Morgan fingerprint density at radius 1 is 1.05 bits per heavy atom. The monoisotopic (exact) mass is 264 g/mol. The van der Waals surface area contributed by atoms with Crippen LogP contribution in [0.4, 0.5) is 0 Å². The van der Waals surface area contributed by atoms with Crippen LogP contribution in [0.3, 0.4) is 0 Å². The average molecular weight is 264 g/mol. The van der Waals surface area contributed by atoms with Gasteiger partial charge in [-0.3, -0.25) is 0 Å². The highest BCUT2D eigenvalue weighted by molar-refractivity contribution is 5.90. The van der Waals surface area contributed by atoms with Crippen LogP contribution in [0.1, 0.15) is 57.5 Å². The molecule has 0 heterocycles. The number of hydrogen-bond donors (Lipinski definition) is 0. The Bertz CT molecular complexity index is 462. The smallest absolute Gasteiger partial charge is 0.338 e. The van der Waals surface area contributed by atoms with Crippen molar-refractivity contribution >= 4 is 5.97 Å². The van der Waals surface area contributed by atoms with E-state index in [9.17, 15) is 4.79 Å². The first-order chi connectivity index (χ1) is 8.54. The second-order valence-electron chi connectivity index (χ2n) is 6.67. The van der Waals surface area contributed by atoms with Crippen molar-refractivity contribution in [2.45, 2.75) is 52.6 Å². The van der Waals surface area contributed by atoms with Crippen molar-refractivity contribution in [3.05, 3.63) is 29.3 Å². The lowest BCUT2D eigenvalue weighted by atomic mass is 9.85. The van der Waals surface area contributed by atoms with Crippen molar-refractivity contribution in [2.75, 3.05) is 7.11 Å². The maximum absolute atomic E-state index is 12.1. The lowest BCUT2D eigenvalue weighted by Gasteiger charge is -2.24. The molecule has 3 nitrogen and oxygen atoms in total. The Morgan fingerprint density at radius 2 is 1.63 bits per heavy atom. The lowest BCUT2D eigenvalue weighted by Crippen LogP contribution is -2.24. The predicted octanol–water partition coefficient (Wildman–Crippen LogP) is 3.95. The summed E-state index contributed by atoms with van der Waals surface area (Å²) in [5.41, 5.74) is 0.974. The first kappa shape index (κ1) is 15.5. The molecule has 3 heteroatoms. The summed E-state index contributed by atoms with van der Waals surface area (Å²) in [6.07, 6.45) is 0. The van der Waals surface area contributed by atoms with Gasteiger partial charge in [0.25, 0.3) is 0 Å². The highest BCUT2D eigenvalue weighted by atomic mass is 16.6. The number of hydrogen-bond acceptors (Lipinski definition) is 3. The summed E-state index contributed by atoms with van der Waals surface area (Å²) in [6, 6.07) is 5.41. The summed E-state index contributed by atoms with van der Waals surface area (Å²) in [7, 11) is 1.64. The second kappa shape index (κ2) is 5.24. The third-order valence-corrected chi connectivity index (χ3v) is 2.64. The SMILES string of the molecule is COc1ccc(C(=O)OC(C)(C)C)cc1C(C)(C)C. The highest BCUT2D eigenvalue weighted by Gasteiger charge is 2.23. The summed E-state index contributed by atoms with van der Waals surface area (Å²) >= 11 is 0. The maximum atomic E-state index is 12.1. The van der Waals surface area contributed by atoms with Crippen molar-refractivity contribution in [3.8, 4) is 5.75 Å². The zero-order chi connectivity index (χ0) is 14.8.